The van der Waals surface area contributed by atoms with Crippen LogP contribution in [0.5, 0.6) is 0 Å². The summed E-state index contributed by atoms with van der Waals surface area (Å²) in [6.07, 6.45) is 2.97. The fourth-order valence-electron chi connectivity index (χ4n) is 2.72. The van der Waals surface area contributed by atoms with Gasteiger partial charge in [-0.15, -0.1) is 0 Å². The van der Waals surface area contributed by atoms with Crippen LogP contribution in [0.15, 0.2) is 24.3 Å². The average molecular weight is 307 g/mol. The van der Waals surface area contributed by atoms with Gasteiger partial charge < -0.3 is 15.1 Å². The number of carbonyl (C=O) groups excluding carboxylic acids is 1. The first kappa shape index (κ1) is 16.6. The molecule has 0 spiro atoms. The van der Waals surface area contributed by atoms with E-state index in [1.165, 1.54) is 6.07 Å². The molecule has 4 nitrogen and oxygen atoms in total. The number of hydrogen-bond donors (Lipinski definition) is 1. The van der Waals surface area contributed by atoms with E-state index in [1.54, 1.807) is 12.1 Å². The van der Waals surface area contributed by atoms with Crippen molar-refractivity contribution in [2.75, 3.05) is 38.1 Å². The summed E-state index contributed by atoms with van der Waals surface area (Å²) >= 11 is 0. The molecule has 0 atom stereocenters. The first-order chi connectivity index (χ1) is 10.6. The van der Waals surface area contributed by atoms with Crippen LogP contribution in [0.1, 0.15) is 26.2 Å². The van der Waals surface area contributed by atoms with Crippen LogP contribution in [0.2, 0.25) is 0 Å². The molecule has 1 saturated heterocycles. The van der Waals surface area contributed by atoms with Gasteiger partial charge in [-0.25, -0.2) is 9.18 Å². The summed E-state index contributed by atoms with van der Waals surface area (Å²) in [5, 5.41) is 2.96. The molecule has 1 aliphatic heterocycles. The Morgan fingerprint density at radius 2 is 2.05 bits per heavy atom. The summed E-state index contributed by atoms with van der Waals surface area (Å²) in [4.78, 5) is 15.8. The normalized spacial score (nSPS) is 15.7. The molecule has 1 aromatic carbocycles. The second-order valence-corrected chi connectivity index (χ2v) is 6.13. The number of nitrogens with one attached hydrogen (secondary N) is 1. The molecule has 1 fully saturated rings. The van der Waals surface area contributed by atoms with E-state index >= 15 is 0 Å². The van der Waals surface area contributed by atoms with E-state index in [4.69, 9.17) is 0 Å². The molecule has 0 aromatic heterocycles. The summed E-state index contributed by atoms with van der Waals surface area (Å²) < 4.78 is 13.6. The zero-order chi connectivity index (χ0) is 15.9. The Bertz CT molecular complexity index is 487. The maximum Gasteiger partial charge on any atom is 0.317 e. The Balaban J connectivity index is 1.66. The molecule has 1 aromatic rings. The van der Waals surface area contributed by atoms with Crippen molar-refractivity contribution in [2.24, 2.45) is 5.92 Å². The minimum Gasteiger partial charge on any atom is -0.372 e. The summed E-state index contributed by atoms with van der Waals surface area (Å²) in [7, 11) is 1.87. The van der Waals surface area contributed by atoms with Crippen LogP contribution in [0.4, 0.5) is 14.9 Å². The highest BCUT2D eigenvalue weighted by Gasteiger charge is 2.19. The Morgan fingerprint density at radius 3 is 2.73 bits per heavy atom. The van der Waals surface area contributed by atoms with Gasteiger partial charge in [0.1, 0.15) is 5.82 Å². The maximum atomic E-state index is 13.6. The molecule has 0 radical (unpaired) electrons. The van der Waals surface area contributed by atoms with Crippen LogP contribution >= 0.6 is 0 Å². The monoisotopic (exact) mass is 307 g/mol. The number of nitrogens with zero attached hydrogens (tertiary/aromatic N) is 2. The molecular formula is C17H26FN3O. The summed E-state index contributed by atoms with van der Waals surface area (Å²) in [6.45, 7) is 5.25. The third-order valence-electron chi connectivity index (χ3n) is 4.28. The molecule has 0 aliphatic carbocycles. The zero-order valence-electron chi connectivity index (χ0n) is 13.5. The Hall–Kier alpha value is -1.78. The van der Waals surface area contributed by atoms with Crippen molar-refractivity contribution >= 4 is 11.7 Å². The molecular weight excluding hydrogens is 281 g/mol. The molecule has 1 heterocycles. The number of likely N-dealkylation sites (tertiary alicyclic amines) is 1. The molecule has 5 heteroatoms. The Morgan fingerprint density at radius 1 is 1.36 bits per heavy atom. The van der Waals surface area contributed by atoms with E-state index in [9.17, 15) is 9.18 Å². The number of amides is 2. The molecule has 1 N–H and O–H groups in total. The van der Waals surface area contributed by atoms with Gasteiger partial charge in [-0.1, -0.05) is 19.1 Å². The van der Waals surface area contributed by atoms with Gasteiger partial charge in [-0.2, -0.15) is 0 Å². The van der Waals surface area contributed by atoms with E-state index < -0.39 is 0 Å². The highest BCUT2D eigenvalue weighted by atomic mass is 19.1. The van der Waals surface area contributed by atoms with E-state index in [-0.39, 0.29) is 11.8 Å². The van der Waals surface area contributed by atoms with Crippen LogP contribution in [0.25, 0.3) is 0 Å². The van der Waals surface area contributed by atoms with Crippen molar-refractivity contribution in [3.8, 4) is 0 Å². The lowest BCUT2D eigenvalue weighted by Crippen LogP contribution is -2.44. The topological polar surface area (TPSA) is 35.6 Å². The van der Waals surface area contributed by atoms with Gasteiger partial charge in [-0.05, 0) is 37.3 Å². The number of urea groups is 1. The summed E-state index contributed by atoms with van der Waals surface area (Å²) in [6, 6.07) is 6.77. The summed E-state index contributed by atoms with van der Waals surface area (Å²) in [5.41, 5.74) is 0.596. The number of benzene rings is 1. The third-order valence-corrected chi connectivity index (χ3v) is 4.28. The lowest BCUT2D eigenvalue weighted by Gasteiger charge is -2.30. The number of halogens is 1. The maximum absolute atomic E-state index is 13.6. The van der Waals surface area contributed by atoms with Crippen LogP contribution in [-0.2, 0) is 0 Å². The minimum atomic E-state index is -0.212. The highest BCUT2D eigenvalue weighted by molar-refractivity contribution is 5.74. The van der Waals surface area contributed by atoms with Gasteiger partial charge in [0, 0.05) is 33.2 Å². The van der Waals surface area contributed by atoms with Crippen LogP contribution in [-0.4, -0.2) is 44.2 Å². The second-order valence-electron chi connectivity index (χ2n) is 6.13. The smallest absolute Gasteiger partial charge is 0.317 e. The Kier molecular flexibility index (Phi) is 6.04. The number of hydrogen-bond acceptors (Lipinski definition) is 2. The lowest BCUT2D eigenvalue weighted by atomic mass is 10.00. The molecule has 2 amide bonds. The Labute approximate surface area is 132 Å². The zero-order valence-corrected chi connectivity index (χ0v) is 13.5. The van der Waals surface area contributed by atoms with Crippen LogP contribution in [0.3, 0.4) is 0 Å². The molecule has 0 unspecified atom stereocenters. The fraction of sp³-hybridized carbons (Fsp3) is 0.588. The van der Waals surface area contributed by atoms with E-state index in [0.717, 1.165) is 38.3 Å². The van der Waals surface area contributed by atoms with Crippen molar-refractivity contribution in [1.29, 1.82) is 0 Å². The van der Waals surface area contributed by atoms with Gasteiger partial charge in [-0.3, -0.25) is 0 Å². The number of para-hydroxylation sites is 1. The van der Waals surface area contributed by atoms with Crippen LogP contribution < -0.4 is 10.2 Å². The molecule has 2 rings (SSSR count). The van der Waals surface area contributed by atoms with E-state index in [0.29, 0.717) is 18.8 Å². The first-order valence-electron chi connectivity index (χ1n) is 8.06. The van der Waals surface area contributed by atoms with Gasteiger partial charge in [0.25, 0.3) is 0 Å². The predicted octanol–water partition coefficient (Wildman–Crippen LogP) is 3.09. The minimum absolute atomic E-state index is 0.0282. The van der Waals surface area contributed by atoms with E-state index in [1.807, 2.05) is 22.9 Å². The molecule has 122 valence electrons. The number of rotatable bonds is 5. The highest BCUT2D eigenvalue weighted by Crippen LogP contribution is 2.17. The largest absolute Gasteiger partial charge is 0.372 e. The van der Waals surface area contributed by atoms with Crippen molar-refractivity contribution in [1.82, 2.24) is 10.2 Å². The molecule has 22 heavy (non-hydrogen) atoms. The van der Waals surface area contributed by atoms with Gasteiger partial charge in [0.2, 0.25) is 0 Å². The molecule has 0 saturated carbocycles. The van der Waals surface area contributed by atoms with Crippen molar-refractivity contribution < 1.29 is 9.18 Å². The molecule has 0 bridgehead atoms. The average Bonchev–Trinajstić information content (AvgIpc) is 2.52. The summed E-state index contributed by atoms with van der Waals surface area (Å²) in [5.74, 6) is 0.509. The van der Waals surface area contributed by atoms with E-state index in [2.05, 4.69) is 12.2 Å². The predicted molar refractivity (Wildman–Crippen MR) is 87.7 cm³/mol. The molecule has 1 aliphatic rings. The fourth-order valence-corrected chi connectivity index (χ4v) is 2.72. The quantitative estimate of drug-likeness (QED) is 0.849. The third kappa shape index (κ3) is 4.61. The first-order valence-corrected chi connectivity index (χ1v) is 8.06. The van der Waals surface area contributed by atoms with Gasteiger partial charge in [0.05, 0.1) is 5.69 Å². The van der Waals surface area contributed by atoms with Crippen molar-refractivity contribution in [3.05, 3.63) is 30.1 Å². The van der Waals surface area contributed by atoms with Crippen LogP contribution in [0, 0.1) is 11.7 Å². The van der Waals surface area contributed by atoms with Gasteiger partial charge >= 0.3 is 6.03 Å². The van der Waals surface area contributed by atoms with Crippen molar-refractivity contribution in [2.45, 2.75) is 26.2 Å². The number of piperidine rings is 1. The van der Waals surface area contributed by atoms with Gasteiger partial charge in [0.15, 0.2) is 0 Å². The number of anilines is 1. The lowest BCUT2D eigenvalue weighted by molar-refractivity contribution is 0.174. The van der Waals surface area contributed by atoms with Crippen molar-refractivity contribution in [3.63, 3.8) is 0 Å². The number of carbonyl (C=O) groups is 1. The standard InChI is InChI=1S/C17H26FN3O/c1-14-8-12-21(13-9-14)17(22)19-10-5-11-20(2)16-7-4-3-6-15(16)18/h3-4,6-7,14H,5,8-13H2,1-2H3,(H,19,22). The SMILES string of the molecule is CC1CCN(C(=O)NCCCN(C)c2ccccc2F)CC1. The second kappa shape index (κ2) is 8.01.